The third-order valence-electron chi connectivity index (χ3n) is 2.85. The van der Waals surface area contributed by atoms with Crippen LogP contribution in [0.1, 0.15) is 23.9 Å². The summed E-state index contributed by atoms with van der Waals surface area (Å²) in [5.41, 5.74) is 2.73. The van der Waals surface area contributed by atoms with Gasteiger partial charge in [0.15, 0.2) is 0 Å². The average molecular weight is 229 g/mol. The Balaban J connectivity index is 1.70. The van der Waals surface area contributed by atoms with Crippen LogP contribution in [0.4, 0.5) is 0 Å². The number of nitrogens with zero attached hydrogens (tertiary/aromatic N) is 1. The van der Waals surface area contributed by atoms with E-state index in [1.807, 2.05) is 6.20 Å². The van der Waals surface area contributed by atoms with E-state index in [0.29, 0.717) is 0 Å². The molecule has 2 N–H and O–H groups in total. The molecule has 0 aliphatic carbocycles. The fourth-order valence-electron chi connectivity index (χ4n) is 1.77. The normalized spacial score (nSPS) is 10.6. The Morgan fingerprint density at radius 3 is 2.59 bits per heavy atom. The smallest absolute Gasteiger partial charge is 0.107 e. The second kappa shape index (κ2) is 6.21. The molecule has 0 saturated heterocycles. The van der Waals surface area contributed by atoms with Crippen LogP contribution >= 0.6 is 0 Å². The van der Waals surface area contributed by atoms with E-state index in [1.165, 1.54) is 11.1 Å². The van der Waals surface area contributed by atoms with E-state index in [-0.39, 0.29) is 0 Å². The monoisotopic (exact) mass is 229 g/mol. The SMILES string of the molecule is CCc1ccc(CNCCc2ncc[nH]2)cc1. The van der Waals surface area contributed by atoms with Gasteiger partial charge in [-0.05, 0) is 17.5 Å². The predicted octanol–water partition coefficient (Wildman–Crippen LogP) is 2.30. The number of nitrogens with one attached hydrogen (secondary N) is 2. The lowest BCUT2D eigenvalue weighted by Crippen LogP contribution is -2.17. The summed E-state index contributed by atoms with van der Waals surface area (Å²) in [6.45, 7) is 4.05. The number of aromatic amines is 1. The molecular weight excluding hydrogens is 210 g/mol. The minimum absolute atomic E-state index is 0.921. The van der Waals surface area contributed by atoms with E-state index in [0.717, 1.165) is 31.8 Å². The summed E-state index contributed by atoms with van der Waals surface area (Å²) in [6.07, 6.45) is 5.70. The van der Waals surface area contributed by atoms with Crippen LogP contribution in [0.25, 0.3) is 0 Å². The molecule has 90 valence electrons. The van der Waals surface area contributed by atoms with Gasteiger partial charge >= 0.3 is 0 Å². The molecule has 0 aliphatic rings. The number of benzene rings is 1. The molecular formula is C14H19N3. The van der Waals surface area contributed by atoms with E-state index in [1.54, 1.807) is 6.20 Å². The van der Waals surface area contributed by atoms with Gasteiger partial charge < -0.3 is 10.3 Å². The van der Waals surface area contributed by atoms with E-state index in [9.17, 15) is 0 Å². The summed E-state index contributed by atoms with van der Waals surface area (Å²) in [4.78, 5) is 7.29. The van der Waals surface area contributed by atoms with E-state index < -0.39 is 0 Å². The molecule has 0 saturated carbocycles. The van der Waals surface area contributed by atoms with Gasteiger partial charge in [-0.15, -0.1) is 0 Å². The minimum atomic E-state index is 0.921. The molecule has 1 aromatic heterocycles. The van der Waals surface area contributed by atoms with Crippen LogP contribution < -0.4 is 5.32 Å². The van der Waals surface area contributed by atoms with Gasteiger partial charge in [-0.2, -0.15) is 0 Å². The quantitative estimate of drug-likeness (QED) is 0.746. The minimum Gasteiger partial charge on any atom is -0.349 e. The molecule has 0 bridgehead atoms. The molecule has 0 atom stereocenters. The Morgan fingerprint density at radius 1 is 1.18 bits per heavy atom. The molecule has 2 aromatic rings. The van der Waals surface area contributed by atoms with Crippen molar-refractivity contribution in [3.63, 3.8) is 0 Å². The molecule has 3 heteroatoms. The first-order chi connectivity index (χ1) is 8.38. The Labute approximate surface area is 102 Å². The molecule has 1 heterocycles. The number of hydrogen-bond acceptors (Lipinski definition) is 2. The lowest BCUT2D eigenvalue weighted by atomic mass is 10.1. The van der Waals surface area contributed by atoms with Gasteiger partial charge in [-0.25, -0.2) is 4.98 Å². The largest absolute Gasteiger partial charge is 0.349 e. The Morgan fingerprint density at radius 2 is 1.94 bits per heavy atom. The molecule has 0 radical (unpaired) electrons. The number of rotatable bonds is 6. The topological polar surface area (TPSA) is 40.7 Å². The average Bonchev–Trinajstić information content (AvgIpc) is 2.88. The Kier molecular flexibility index (Phi) is 4.33. The summed E-state index contributed by atoms with van der Waals surface area (Å²) in [6, 6.07) is 8.78. The third kappa shape index (κ3) is 3.71. The third-order valence-corrected chi connectivity index (χ3v) is 2.85. The fraction of sp³-hybridized carbons (Fsp3) is 0.357. The maximum Gasteiger partial charge on any atom is 0.107 e. The number of imidazole rings is 1. The first-order valence-electron chi connectivity index (χ1n) is 6.15. The van der Waals surface area contributed by atoms with Crippen molar-refractivity contribution in [2.24, 2.45) is 0 Å². The highest BCUT2D eigenvalue weighted by Crippen LogP contribution is 2.04. The van der Waals surface area contributed by atoms with Crippen molar-refractivity contribution < 1.29 is 0 Å². The number of aryl methyl sites for hydroxylation is 1. The van der Waals surface area contributed by atoms with Crippen molar-refractivity contribution in [1.29, 1.82) is 0 Å². The van der Waals surface area contributed by atoms with Gasteiger partial charge in [0.25, 0.3) is 0 Å². The van der Waals surface area contributed by atoms with Crippen LogP contribution in [0.5, 0.6) is 0 Å². The summed E-state index contributed by atoms with van der Waals surface area (Å²) in [5, 5.41) is 3.42. The van der Waals surface area contributed by atoms with Crippen LogP contribution in [0.3, 0.4) is 0 Å². The van der Waals surface area contributed by atoms with Crippen molar-refractivity contribution in [1.82, 2.24) is 15.3 Å². The molecule has 2 rings (SSSR count). The number of hydrogen-bond donors (Lipinski definition) is 2. The van der Waals surface area contributed by atoms with Gasteiger partial charge in [-0.1, -0.05) is 31.2 Å². The van der Waals surface area contributed by atoms with Crippen molar-refractivity contribution in [3.8, 4) is 0 Å². The maximum atomic E-state index is 4.19. The van der Waals surface area contributed by atoms with Gasteiger partial charge in [0.2, 0.25) is 0 Å². The van der Waals surface area contributed by atoms with Gasteiger partial charge in [0.05, 0.1) is 0 Å². The zero-order valence-corrected chi connectivity index (χ0v) is 10.2. The molecule has 0 unspecified atom stereocenters. The highest BCUT2D eigenvalue weighted by Gasteiger charge is 1.96. The van der Waals surface area contributed by atoms with Crippen LogP contribution in [-0.2, 0) is 19.4 Å². The second-order valence-electron chi connectivity index (χ2n) is 4.13. The summed E-state index contributed by atoms with van der Waals surface area (Å²) in [7, 11) is 0. The van der Waals surface area contributed by atoms with E-state index in [2.05, 4.69) is 46.5 Å². The highest BCUT2D eigenvalue weighted by atomic mass is 14.9. The first-order valence-corrected chi connectivity index (χ1v) is 6.15. The van der Waals surface area contributed by atoms with E-state index in [4.69, 9.17) is 0 Å². The van der Waals surface area contributed by atoms with Gasteiger partial charge in [0.1, 0.15) is 5.82 Å². The van der Waals surface area contributed by atoms with E-state index >= 15 is 0 Å². The number of aromatic nitrogens is 2. The molecule has 0 fully saturated rings. The van der Waals surface area contributed by atoms with Crippen LogP contribution in [0.15, 0.2) is 36.7 Å². The zero-order chi connectivity index (χ0) is 11.9. The molecule has 0 spiro atoms. The van der Waals surface area contributed by atoms with Crippen molar-refractivity contribution >= 4 is 0 Å². The molecule has 3 nitrogen and oxygen atoms in total. The van der Waals surface area contributed by atoms with Crippen molar-refractivity contribution in [3.05, 3.63) is 53.6 Å². The zero-order valence-electron chi connectivity index (χ0n) is 10.2. The Hall–Kier alpha value is -1.61. The van der Waals surface area contributed by atoms with Crippen molar-refractivity contribution in [2.75, 3.05) is 6.54 Å². The second-order valence-corrected chi connectivity index (χ2v) is 4.13. The van der Waals surface area contributed by atoms with Crippen molar-refractivity contribution in [2.45, 2.75) is 26.3 Å². The predicted molar refractivity (Wildman–Crippen MR) is 69.8 cm³/mol. The van der Waals surface area contributed by atoms with Crippen LogP contribution in [-0.4, -0.2) is 16.5 Å². The Bertz CT molecular complexity index is 417. The maximum absolute atomic E-state index is 4.19. The van der Waals surface area contributed by atoms with Gasteiger partial charge in [-0.3, -0.25) is 0 Å². The van der Waals surface area contributed by atoms with Crippen LogP contribution in [0.2, 0.25) is 0 Å². The standard InChI is InChI=1S/C14H19N3/c1-2-12-3-5-13(6-4-12)11-15-8-7-14-16-9-10-17-14/h3-6,9-10,15H,2,7-8,11H2,1H3,(H,16,17). The van der Waals surface area contributed by atoms with Crippen LogP contribution in [0, 0.1) is 0 Å². The summed E-state index contributed by atoms with van der Waals surface area (Å²) < 4.78 is 0. The van der Waals surface area contributed by atoms with Gasteiger partial charge in [0, 0.05) is 31.9 Å². The molecule has 1 aromatic carbocycles. The summed E-state index contributed by atoms with van der Waals surface area (Å²) in [5.74, 6) is 1.04. The lowest BCUT2D eigenvalue weighted by Gasteiger charge is -2.04. The lowest BCUT2D eigenvalue weighted by molar-refractivity contribution is 0.674. The molecule has 0 amide bonds. The summed E-state index contributed by atoms with van der Waals surface area (Å²) >= 11 is 0. The highest BCUT2D eigenvalue weighted by molar-refractivity contribution is 5.22. The fourth-order valence-corrected chi connectivity index (χ4v) is 1.77. The molecule has 17 heavy (non-hydrogen) atoms. The number of H-pyrrole nitrogens is 1. The molecule has 0 aliphatic heterocycles. The first kappa shape index (κ1) is 11.9.